The topological polar surface area (TPSA) is 117 Å². The Bertz CT molecular complexity index is 961. The molecule has 0 saturated heterocycles. The second-order valence-corrected chi connectivity index (χ2v) is 7.16. The van der Waals surface area contributed by atoms with Gasteiger partial charge in [-0.05, 0) is 41.1 Å². The minimum atomic E-state index is -0.836. The quantitative estimate of drug-likeness (QED) is 0.373. The number of hydrogen-bond donors (Lipinski definition) is 2. The average molecular weight is 462 g/mol. The Hall–Kier alpha value is -3.27. The van der Waals surface area contributed by atoms with Gasteiger partial charge in [0.15, 0.2) is 0 Å². The first-order chi connectivity index (χ1) is 13.7. The normalized spacial score (nSPS) is 11.7. The van der Waals surface area contributed by atoms with Crippen LogP contribution < -0.4 is 15.6 Å². The zero-order chi connectivity index (χ0) is 21.6. The number of nitro benzene ring substituents is 1. The van der Waals surface area contributed by atoms with Gasteiger partial charge in [-0.3, -0.25) is 19.7 Å². The fourth-order valence-corrected chi connectivity index (χ4v) is 2.86. The fourth-order valence-electron chi connectivity index (χ4n) is 2.40. The Morgan fingerprint density at radius 2 is 1.93 bits per heavy atom. The Labute approximate surface area is 176 Å². The summed E-state index contributed by atoms with van der Waals surface area (Å²) in [4.78, 5) is 36.7. The molecule has 2 N–H and O–H groups in total. The minimum absolute atomic E-state index is 0.0701. The molecule has 1 unspecified atom stereocenters. The number of anilines is 1. The summed E-state index contributed by atoms with van der Waals surface area (Å²) in [6.45, 7) is 1.52. The van der Waals surface area contributed by atoms with Crippen LogP contribution in [-0.2, 0) is 4.79 Å². The number of rotatable bonds is 7. The molecule has 0 heterocycles. The Balaban J connectivity index is 2.00. The van der Waals surface area contributed by atoms with Gasteiger partial charge in [-0.25, -0.2) is 5.43 Å². The molecule has 0 fully saturated rings. The van der Waals surface area contributed by atoms with E-state index in [-0.39, 0.29) is 5.69 Å². The molecule has 0 spiro atoms. The number of hydrogen-bond acceptors (Lipinski definition) is 6. The van der Waals surface area contributed by atoms with E-state index in [9.17, 15) is 19.7 Å². The molecule has 2 amide bonds. The van der Waals surface area contributed by atoms with Crippen molar-refractivity contribution >= 4 is 45.3 Å². The highest BCUT2D eigenvalue weighted by Crippen LogP contribution is 2.27. The molecule has 2 aromatic carbocycles. The third-order valence-corrected chi connectivity index (χ3v) is 4.62. The van der Waals surface area contributed by atoms with E-state index >= 15 is 0 Å². The predicted octanol–water partition coefficient (Wildman–Crippen LogP) is 2.69. The van der Waals surface area contributed by atoms with Gasteiger partial charge in [-0.2, -0.15) is 5.10 Å². The molecular weight excluding hydrogens is 442 g/mol. The molecule has 0 saturated carbocycles. The molecule has 2 aromatic rings. The smallest absolute Gasteiger partial charge is 0.293 e. The van der Waals surface area contributed by atoms with E-state index in [0.717, 1.165) is 0 Å². The van der Waals surface area contributed by atoms with Crippen LogP contribution in [0.1, 0.15) is 22.8 Å². The molecule has 0 aromatic heterocycles. The third kappa shape index (κ3) is 5.85. The van der Waals surface area contributed by atoms with Gasteiger partial charge in [0, 0.05) is 30.2 Å². The van der Waals surface area contributed by atoms with Crippen LogP contribution in [0.25, 0.3) is 0 Å². The standard InChI is InChI=1S/C19H20BrN5O4/c1-12(22-19(27)14-6-4-5-7-15(14)20)18(26)23-21-11-13-8-9-16(24(2)3)17(10-13)25(28)29/h4-12H,1-3H3,(H,22,27)(H,23,26). The van der Waals surface area contributed by atoms with Crippen LogP contribution in [0.2, 0.25) is 0 Å². The van der Waals surface area contributed by atoms with Gasteiger partial charge in [-0.1, -0.05) is 18.2 Å². The fraction of sp³-hybridized carbons (Fsp3) is 0.211. The van der Waals surface area contributed by atoms with Crippen molar-refractivity contribution in [1.29, 1.82) is 0 Å². The second kappa shape index (κ2) is 9.78. The van der Waals surface area contributed by atoms with Crippen LogP contribution in [0.3, 0.4) is 0 Å². The van der Waals surface area contributed by atoms with Gasteiger partial charge in [0.05, 0.1) is 16.7 Å². The number of hydrazone groups is 1. The molecule has 10 heteroatoms. The first-order valence-electron chi connectivity index (χ1n) is 8.54. The van der Waals surface area contributed by atoms with Gasteiger partial charge < -0.3 is 10.2 Å². The van der Waals surface area contributed by atoms with Gasteiger partial charge in [-0.15, -0.1) is 0 Å². The van der Waals surface area contributed by atoms with E-state index in [1.807, 2.05) is 0 Å². The second-order valence-electron chi connectivity index (χ2n) is 6.31. The van der Waals surface area contributed by atoms with Gasteiger partial charge in [0.1, 0.15) is 11.7 Å². The molecule has 9 nitrogen and oxygen atoms in total. The van der Waals surface area contributed by atoms with E-state index in [1.54, 1.807) is 55.4 Å². The summed E-state index contributed by atoms with van der Waals surface area (Å²) in [5.74, 6) is -0.930. The van der Waals surface area contributed by atoms with Gasteiger partial charge in [0.2, 0.25) is 0 Å². The molecule has 0 aliphatic heterocycles. The van der Waals surface area contributed by atoms with Gasteiger partial charge >= 0.3 is 0 Å². The van der Waals surface area contributed by atoms with Gasteiger partial charge in [0.25, 0.3) is 17.5 Å². The van der Waals surface area contributed by atoms with Crippen molar-refractivity contribution in [2.45, 2.75) is 13.0 Å². The first-order valence-corrected chi connectivity index (χ1v) is 9.34. The lowest BCUT2D eigenvalue weighted by atomic mass is 10.2. The van der Waals surface area contributed by atoms with Crippen LogP contribution in [-0.4, -0.2) is 43.1 Å². The maximum absolute atomic E-state index is 12.2. The van der Waals surface area contributed by atoms with E-state index in [4.69, 9.17) is 0 Å². The highest BCUT2D eigenvalue weighted by atomic mass is 79.9. The van der Waals surface area contributed by atoms with Crippen molar-refractivity contribution in [3.8, 4) is 0 Å². The summed E-state index contributed by atoms with van der Waals surface area (Å²) in [6.07, 6.45) is 1.30. The highest BCUT2D eigenvalue weighted by Gasteiger charge is 2.18. The Morgan fingerprint density at radius 3 is 2.55 bits per heavy atom. The number of amides is 2. The molecule has 0 aliphatic rings. The maximum Gasteiger partial charge on any atom is 0.293 e. The zero-order valence-electron chi connectivity index (χ0n) is 16.0. The van der Waals surface area contributed by atoms with Crippen LogP contribution in [0.4, 0.5) is 11.4 Å². The van der Waals surface area contributed by atoms with Crippen LogP contribution in [0.5, 0.6) is 0 Å². The van der Waals surface area contributed by atoms with Crippen LogP contribution in [0.15, 0.2) is 52.0 Å². The number of carbonyl (C=O) groups is 2. The lowest BCUT2D eigenvalue weighted by Gasteiger charge is -2.13. The third-order valence-electron chi connectivity index (χ3n) is 3.93. The average Bonchev–Trinajstić information content (AvgIpc) is 2.67. The van der Waals surface area contributed by atoms with Crippen molar-refractivity contribution < 1.29 is 14.5 Å². The molecule has 0 radical (unpaired) electrons. The number of carbonyl (C=O) groups excluding carboxylic acids is 2. The van der Waals surface area contributed by atoms with Crippen molar-refractivity contribution in [3.63, 3.8) is 0 Å². The summed E-state index contributed by atoms with van der Waals surface area (Å²) in [5.41, 5.74) is 3.56. The molecule has 1 atom stereocenters. The van der Waals surface area contributed by atoms with Crippen molar-refractivity contribution in [2.24, 2.45) is 5.10 Å². The summed E-state index contributed by atoms with van der Waals surface area (Å²) < 4.78 is 0.617. The van der Waals surface area contributed by atoms with Crippen LogP contribution in [0, 0.1) is 10.1 Å². The lowest BCUT2D eigenvalue weighted by Crippen LogP contribution is -2.43. The largest absolute Gasteiger partial charge is 0.372 e. The number of halogens is 1. The van der Waals surface area contributed by atoms with Crippen LogP contribution >= 0.6 is 15.9 Å². The maximum atomic E-state index is 12.2. The zero-order valence-corrected chi connectivity index (χ0v) is 17.6. The van der Waals surface area contributed by atoms with E-state index < -0.39 is 22.8 Å². The monoisotopic (exact) mass is 461 g/mol. The molecule has 29 heavy (non-hydrogen) atoms. The molecule has 152 valence electrons. The Morgan fingerprint density at radius 1 is 1.24 bits per heavy atom. The summed E-state index contributed by atoms with van der Waals surface area (Å²) in [7, 11) is 3.42. The number of nitrogens with zero attached hydrogens (tertiary/aromatic N) is 3. The number of benzene rings is 2. The Kier molecular flexibility index (Phi) is 7.43. The minimum Gasteiger partial charge on any atom is -0.372 e. The summed E-state index contributed by atoms with van der Waals surface area (Å²) in [6, 6.07) is 10.6. The van der Waals surface area contributed by atoms with Crippen molar-refractivity contribution in [3.05, 3.63) is 68.2 Å². The molecule has 2 rings (SSSR count). The summed E-state index contributed by atoms with van der Waals surface area (Å²) in [5, 5.41) is 17.6. The number of nitrogens with one attached hydrogen (secondary N) is 2. The molecule has 0 bridgehead atoms. The SMILES string of the molecule is CC(NC(=O)c1ccccc1Br)C(=O)NN=Cc1ccc(N(C)C)c([N+](=O)[O-])c1. The van der Waals surface area contributed by atoms with E-state index in [0.29, 0.717) is 21.3 Å². The lowest BCUT2D eigenvalue weighted by molar-refractivity contribution is -0.384. The van der Waals surface area contributed by atoms with Crippen molar-refractivity contribution in [1.82, 2.24) is 10.7 Å². The first kappa shape index (κ1) is 22.0. The number of nitro groups is 1. The molecular formula is C19H20BrN5O4. The van der Waals surface area contributed by atoms with Crippen molar-refractivity contribution in [2.75, 3.05) is 19.0 Å². The highest BCUT2D eigenvalue weighted by molar-refractivity contribution is 9.10. The van der Waals surface area contributed by atoms with E-state index in [1.165, 1.54) is 19.2 Å². The predicted molar refractivity (Wildman–Crippen MR) is 114 cm³/mol. The molecule has 0 aliphatic carbocycles. The van der Waals surface area contributed by atoms with E-state index in [2.05, 4.69) is 31.8 Å². The summed E-state index contributed by atoms with van der Waals surface area (Å²) >= 11 is 3.29.